The Morgan fingerprint density at radius 1 is 1.00 bits per heavy atom. The first-order valence-electron chi connectivity index (χ1n) is 9.73. The molecule has 0 saturated heterocycles. The molecular formula is C21H28F3NO2. The predicted octanol–water partition coefficient (Wildman–Crippen LogP) is 5.96. The van der Waals surface area contributed by atoms with E-state index in [1.54, 1.807) is 4.90 Å². The number of benzene rings is 1. The van der Waals surface area contributed by atoms with Crippen LogP contribution in [0.25, 0.3) is 5.57 Å². The van der Waals surface area contributed by atoms with Crippen LogP contribution in [-0.4, -0.2) is 28.5 Å². The molecule has 1 unspecified atom stereocenters. The summed E-state index contributed by atoms with van der Waals surface area (Å²) in [4.78, 5) is 14.3. The summed E-state index contributed by atoms with van der Waals surface area (Å²) >= 11 is 0. The number of carbonyl (C=O) groups excluding carboxylic acids is 1. The Balaban J connectivity index is 2.27. The lowest BCUT2D eigenvalue weighted by Gasteiger charge is -2.27. The molecule has 6 heteroatoms. The summed E-state index contributed by atoms with van der Waals surface area (Å²) in [6.45, 7) is 4.71. The predicted molar refractivity (Wildman–Crippen MR) is 100 cm³/mol. The Hall–Kier alpha value is -1.98. The summed E-state index contributed by atoms with van der Waals surface area (Å²) in [5, 5.41) is 10.4. The van der Waals surface area contributed by atoms with Gasteiger partial charge < -0.3 is 10.0 Å². The molecular weight excluding hydrogens is 355 g/mol. The monoisotopic (exact) mass is 383 g/mol. The van der Waals surface area contributed by atoms with Gasteiger partial charge in [0.15, 0.2) is 5.76 Å². The van der Waals surface area contributed by atoms with Crippen LogP contribution < -0.4 is 0 Å². The first-order chi connectivity index (χ1) is 12.8. The van der Waals surface area contributed by atoms with Gasteiger partial charge >= 0.3 is 6.18 Å². The average Bonchev–Trinajstić information content (AvgIpc) is 2.87. The van der Waals surface area contributed by atoms with E-state index in [0.29, 0.717) is 24.1 Å². The van der Waals surface area contributed by atoms with Crippen LogP contribution in [0.5, 0.6) is 0 Å². The van der Waals surface area contributed by atoms with Crippen molar-refractivity contribution in [2.75, 3.05) is 6.54 Å². The van der Waals surface area contributed by atoms with Crippen LogP contribution in [0.1, 0.15) is 69.9 Å². The number of nitrogens with zero attached hydrogens (tertiary/aromatic N) is 1. The van der Waals surface area contributed by atoms with E-state index < -0.39 is 17.6 Å². The molecule has 3 nitrogen and oxygen atoms in total. The van der Waals surface area contributed by atoms with Crippen LogP contribution in [-0.2, 0) is 11.0 Å². The van der Waals surface area contributed by atoms with Crippen molar-refractivity contribution in [2.24, 2.45) is 0 Å². The largest absolute Gasteiger partial charge is 0.503 e. The molecule has 150 valence electrons. The normalized spacial score (nSPS) is 17.9. The Bertz CT molecular complexity index is 665. The summed E-state index contributed by atoms with van der Waals surface area (Å²) in [5.74, 6) is -0.742. The third-order valence-corrected chi connectivity index (χ3v) is 5.03. The molecule has 1 aromatic carbocycles. The van der Waals surface area contributed by atoms with E-state index in [0.717, 1.165) is 50.7 Å². The number of aliphatic hydroxyl groups excluding tert-OH is 1. The fraction of sp³-hybridized carbons (Fsp3) is 0.571. The van der Waals surface area contributed by atoms with Crippen LogP contribution in [0.4, 0.5) is 13.2 Å². The fourth-order valence-corrected chi connectivity index (χ4v) is 3.54. The zero-order chi connectivity index (χ0) is 20.0. The van der Waals surface area contributed by atoms with Crippen molar-refractivity contribution >= 4 is 11.5 Å². The number of hydrogen-bond donors (Lipinski definition) is 1. The van der Waals surface area contributed by atoms with Crippen LogP contribution in [0, 0.1) is 0 Å². The summed E-state index contributed by atoms with van der Waals surface area (Å²) in [5.41, 5.74) is 0.195. The molecule has 1 N–H and O–H groups in total. The molecule has 0 spiro atoms. The zero-order valence-electron chi connectivity index (χ0n) is 16.0. The summed E-state index contributed by atoms with van der Waals surface area (Å²) in [7, 11) is 0. The summed E-state index contributed by atoms with van der Waals surface area (Å²) in [6, 6.07) is 4.42. The molecule has 0 bridgehead atoms. The Morgan fingerprint density at radius 3 is 2.19 bits per heavy atom. The highest BCUT2D eigenvalue weighted by Gasteiger charge is 2.39. The minimum Gasteiger partial charge on any atom is -0.503 e. The molecule has 1 aliphatic heterocycles. The third kappa shape index (κ3) is 5.05. The van der Waals surface area contributed by atoms with Crippen LogP contribution in [0.2, 0.25) is 0 Å². The quantitative estimate of drug-likeness (QED) is 0.535. The number of aliphatic hydroxyl groups is 1. The number of unbranched alkanes of at least 4 members (excludes halogenated alkanes) is 4. The number of alkyl halides is 3. The zero-order valence-corrected chi connectivity index (χ0v) is 16.0. The molecule has 0 aromatic heterocycles. The van der Waals surface area contributed by atoms with Gasteiger partial charge in [-0.3, -0.25) is 4.79 Å². The average molecular weight is 383 g/mol. The number of amides is 1. The Kier molecular flexibility index (Phi) is 7.33. The second kappa shape index (κ2) is 9.29. The molecule has 1 heterocycles. The van der Waals surface area contributed by atoms with Gasteiger partial charge in [0.05, 0.1) is 11.6 Å². The van der Waals surface area contributed by atoms with Crippen molar-refractivity contribution in [1.82, 2.24) is 4.90 Å². The van der Waals surface area contributed by atoms with Gasteiger partial charge in [-0.2, -0.15) is 13.2 Å². The molecule has 0 aliphatic carbocycles. The standard InChI is InChI=1S/C21H28F3NO2/c1-3-5-7-8-14-25-17(9-6-4-2)18(19(26)20(25)27)15-10-12-16(13-11-15)21(22,23)24/h10-13,17,26H,3-9,14H2,1-2H3. The lowest BCUT2D eigenvalue weighted by atomic mass is 9.94. The second-order valence-corrected chi connectivity index (χ2v) is 7.05. The topological polar surface area (TPSA) is 40.5 Å². The smallest absolute Gasteiger partial charge is 0.416 e. The molecule has 0 radical (unpaired) electrons. The van der Waals surface area contributed by atoms with E-state index in [2.05, 4.69) is 6.92 Å². The molecule has 1 amide bonds. The molecule has 2 rings (SSSR count). The van der Waals surface area contributed by atoms with Crippen LogP contribution >= 0.6 is 0 Å². The fourth-order valence-electron chi connectivity index (χ4n) is 3.54. The first kappa shape index (κ1) is 21.3. The maximum Gasteiger partial charge on any atom is 0.416 e. The number of rotatable bonds is 9. The number of carbonyl (C=O) groups is 1. The third-order valence-electron chi connectivity index (χ3n) is 5.03. The second-order valence-electron chi connectivity index (χ2n) is 7.05. The van der Waals surface area contributed by atoms with E-state index in [1.165, 1.54) is 12.1 Å². The van der Waals surface area contributed by atoms with E-state index in [9.17, 15) is 23.1 Å². The van der Waals surface area contributed by atoms with E-state index in [-0.39, 0.29) is 11.8 Å². The minimum atomic E-state index is -4.41. The summed E-state index contributed by atoms with van der Waals surface area (Å²) in [6.07, 6.45) is 2.15. The van der Waals surface area contributed by atoms with Crippen molar-refractivity contribution in [3.63, 3.8) is 0 Å². The summed E-state index contributed by atoms with van der Waals surface area (Å²) < 4.78 is 38.5. The van der Waals surface area contributed by atoms with Crippen molar-refractivity contribution in [3.8, 4) is 0 Å². The highest BCUT2D eigenvalue weighted by molar-refractivity contribution is 6.05. The molecule has 0 saturated carbocycles. The SMILES string of the molecule is CCCCCCN1C(=O)C(O)=C(c2ccc(C(F)(F)F)cc2)C1CCCC. The molecule has 1 atom stereocenters. The van der Waals surface area contributed by atoms with Gasteiger partial charge in [0.2, 0.25) is 0 Å². The van der Waals surface area contributed by atoms with Crippen molar-refractivity contribution in [1.29, 1.82) is 0 Å². The van der Waals surface area contributed by atoms with E-state index >= 15 is 0 Å². The van der Waals surface area contributed by atoms with Crippen LogP contribution in [0.3, 0.4) is 0 Å². The first-order valence-corrected chi connectivity index (χ1v) is 9.73. The molecule has 1 aliphatic rings. The Morgan fingerprint density at radius 2 is 1.63 bits per heavy atom. The van der Waals surface area contributed by atoms with Crippen LogP contribution in [0.15, 0.2) is 30.0 Å². The minimum absolute atomic E-state index is 0.282. The van der Waals surface area contributed by atoms with E-state index in [4.69, 9.17) is 0 Å². The van der Waals surface area contributed by atoms with Crippen molar-refractivity contribution in [3.05, 3.63) is 41.2 Å². The molecule has 27 heavy (non-hydrogen) atoms. The Labute approximate surface area is 158 Å². The molecule has 1 aromatic rings. The maximum atomic E-state index is 12.8. The van der Waals surface area contributed by atoms with Gasteiger partial charge in [-0.05, 0) is 30.5 Å². The lowest BCUT2D eigenvalue weighted by molar-refractivity contribution is -0.137. The highest BCUT2D eigenvalue weighted by atomic mass is 19.4. The lowest BCUT2D eigenvalue weighted by Crippen LogP contribution is -2.36. The molecule has 0 fully saturated rings. The van der Waals surface area contributed by atoms with Gasteiger partial charge in [0.1, 0.15) is 0 Å². The van der Waals surface area contributed by atoms with Gasteiger partial charge in [0, 0.05) is 12.1 Å². The van der Waals surface area contributed by atoms with Crippen molar-refractivity contribution in [2.45, 2.75) is 71.0 Å². The maximum absolute atomic E-state index is 12.8. The van der Waals surface area contributed by atoms with Gasteiger partial charge in [0.25, 0.3) is 5.91 Å². The van der Waals surface area contributed by atoms with Gasteiger partial charge in [-0.1, -0.05) is 58.1 Å². The number of hydrogen-bond acceptors (Lipinski definition) is 2. The number of halogens is 3. The van der Waals surface area contributed by atoms with E-state index in [1.807, 2.05) is 6.92 Å². The van der Waals surface area contributed by atoms with Crippen molar-refractivity contribution < 1.29 is 23.1 Å². The highest BCUT2D eigenvalue weighted by Crippen LogP contribution is 2.37. The van der Waals surface area contributed by atoms with Gasteiger partial charge in [-0.25, -0.2) is 0 Å². The van der Waals surface area contributed by atoms with Gasteiger partial charge in [-0.15, -0.1) is 0 Å².